The maximum atomic E-state index is 12.9. The molecule has 3 radical (unpaired) electrons. The number of carbonyl (C=O) groups excluding carboxylic acids is 13. The van der Waals surface area contributed by atoms with E-state index < -0.39 is 78.5 Å². The zero-order valence-corrected chi connectivity index (χ0v) is 84.9. The van der Waals surface area contributed by atoms with Crippen LogP contribution in [0.5, 0.6) is 0 Å². The van der Waals surface area contributed by atoms with Gasteiger partial charge >= 0.3 is 57.6 Å². The summed E-state index contributed by atoms with van der Waals surface area (Å²) in [6, 6.07) is 40.5. The Balaban J connectivity index is 0.000000220. The van der Waals surface area contributed by atoms with Crippen molar-refractivity contribution in [2.75, 3.05) is 104 Å². The van der Waals surface area contributed by atoms with Crippen LogP contribution in [0.1, 0.15) is 137 Å². The number of ketones is 4. The number of anilines is 8. The number of Topliss-reactive ketones (excluding diaryl/α,β-unsaturated/α-hetero) is 4. The van der Waals surface area contributed by atoms with Gasteiger partial charge in [-0.1, -0.05) is 46.4 Å². The minimum absolute atomic E-state index is 0.00533. The van der Waals surface area contributed by atoms with Gasteiger partial charge in [-0.3, -0.25) is 73.6 Å². The first-order chi connectivity index (χ1) is 68.0. The van der Waals surface area contributed by atoms with E-state index in [1.54, 1.807) is 209 Å². The molecule has 757 valence electrons. The quantitative estimate of drug-likeness (QED) is 0.00339. The summed E-state index contributed by atoms with van der Waals surface area (Å²) in [7, 11) is 2.80. The van der Waals surface area contributed by atoms with E-state index in [1.807, 2.05) is 12.5 Å². The van der Waals surface area contributed by atoms with Crippen LogP contribution >= 0.6 is 115 Å². The van der Waals surface area contributed by atoms with Crippen LogP contribution in [0, 0.1) is 10.8 Å². The molecule has 6 aliphatic heterocycles. The zero-order chi connectivity index (χ0) is 105. The van der Waals surface area contributed by atoms with Crippen molar-refractivity contribution in [1.29, 1.82) is 12.2 Å². The molecule has 0 aliphatic carbocycles. The number of nitrogen functional groups attached to an aromatic ring is 1. The van der Waals surface area contributed by atoms with Crippen molar-refractivity contribution >= 4 is 280 Å². The third kappa shape index (κ3) is 36.9. The Bertz CT molecular complexity index is 5670. The van der Waals surface area contributed by atoms with Gasteiger partial charge in [0.05, 0.1) is 80.7 Å². The van der Waals surface area contributed by atoms with Gasteiger partial charge in [0.25, 0.3) is 8.01 Å². The van der Waals surface area contributed by atoms with Gasteiger partial charge in [-0.05, 0) is 242 Å². The number of rotatable bonds is 38. The molecule has 10 N–H and O–H groups in total. The molecule has 8 atom stereocenters. The highest BCUT2D eigenvalue weighted by Crippen LogP contribution is 2.37. The number of halogens is 7. The summed E-state index contributed by atoms with van der Waals surface area (Å²) >= 11 is 31.6. The molecule has 6 fully saturated rings. The highest BCUT2D eigenvalue weighted by Gasteiger charge is 2.40. The van der Waals surface area contributed by atoms with Crippen LogP contribution in [-0.4, -0.2) is 242 Å². The normalized spacial score (nSPS) is 17.7. The fourth-order valence-electron chi connectivity index (χ4n) is 14.0. The number of alkyl carbamates (subject to hydrolysis) is 1. The highest BCUT2D eigenvalue weighted by atomic mass is 35.5. The second-order valence-electron chi connectivity index (χ2n) is 32.3. The number of nitrogens with two attached hydrogens (primary N) is 2. The maximum absolute atomic E-state index is 12.9. The number of aliphatic carboxylic acids is 1. The van der Waals surface area contributed by atoms with E-state index >= 15 is 0 Å². The summed E-state index contributed by atoms with van der Waals surface area (Å²) in [4.78, 5) is 179. The van der Waals surface area contributed by atoms with Crippen molar-refractivity contribution in [1.82, 2.24) is 5.32 Å². The number of nitrogens with zero attached hydrogens (tertiary/aromatic N) is 6. The van der Waals surface area contributed by atoms with Crippen molar-refractivity contribution in [2.24, 2.45) is 5.73 Å². The summed E-state index contributed by atoms with van der Waals surface area (Å²) in [6.45, 7) is 7.90. The molecule has 51 heteroatoms. The third-order valence-corrected chi connectivity index (χ3v) is 27.5. The minimum Gasteiger partial charge on any atom is -0.555 e. The number of thioether (sulfide) groups is 2. The Morgan fingerprint density at radius 1 is 0.542 bits per heavy atom. The molecule has 0 spiro atoms. The van der Waals surface area contributed by atoms with Gasteiger partial charge in [-0.2, -0.15) is 36.7 Å². The lowest BCUT2D eigenvalue weighted by atomic mass is 9.78. The lowest BCUT2D eigenvalue weighted by molar-refractivity contribution is -0.156. The van der Waals surface area contributed by atoms with Crippen LogP contribution in [0.3, 0.4) is 0 Å². The molecule has 142 heavy (non-hydrogen) atoms. The Labute approximate surface area is 864 Å². The number of aldehydes is 1. The SMILES string of the molecule is CSCC[C@@H](NC(=O)OC(C)(C)C)C(=O)Nc1ccc(N2C[C@H](CCC(=O)c3ccc(Cl)s3)OC2=O)cc1.CSCC[C@@H]([B]OC=N)C(=O)O.N=CO[B][C@@H]1CCN(c2ccc(N3C[C@H](CCC(=O)c4ccc(Cl)s4)OC3=O)cc2)C1=O.N[C@@H]1CCN(c2ccc(N3C[C@H](CCC(=O)c4ccc(Cl)s4)OC3=O)cc2)C1=O.Nc1ccc(N2C[C@H](CCC(=O)c3ccc(Cl)s3)OC2=O)cc1.O=CC(F)(F)F.[3H][B]O. The number of hydrogen-bond donors (Lipinski definition) is 8. The minimum atomic E-state index is -4.64. The second kappa shape index (κ2) is 57.3. The predicted molar refractivity (Wildman–Crippen MR) is 550 cm³/mol. The first kappa shape index (κ1) is 114. The van der Waals surface area contributed by atoms with Gasteiger partial charge in [0.15, 0.2) is 23.1 Å². The predicted octanol–water partition coefficient (Wildman–Crippen LogP) is 18.0. The molecule has 6 saturated heterocycles. The van der Waals surface area contributed by atoms with Crippen molar-refractivity contribution in [2.45, 2.75) is 158 Å². The van der Waals surface area contributed by atoms with Crippen LogP contribution in [0.15, 0.2) is 146 Å². The fourth-order valence-corrected chi connectivity index (χ4v) is 19.0. The number of thiophene rings is 4. The van der Waals surface area contributed by atoms with E-state index in [0.717, 1.165) is 35.6 Å². The number of carboxylic acid groups (broad SMARTS) is 1. The van der Waals surface area contributed by atoms with Gasteiger partial charge in [-0.25, -0.2) is 24.0 Å². The summed E-state index contributed by atoms with van der Waals surface area (Å²) < 4.78 is 75.4. The van der Waals surface area contributed by atoms with Gasteiger partial charge in [-0.15, -0.1) is 45.3 Å². The molecule has 0 saturated carbocycles. The highest BCUT2D eigenvalue weighted by molar-refractivity contribution is 7.98. The molecule has 4 aromatic heterocycles. The van der Waals surface area contributed by atoms with E-state index in [0.29, 0.717) is 175 Å². The average Bonchev–Trinajstić information content (AvgIpc) is 1.51. The molecule has 14 rings (SSSR count). The van der Waals surface area contributed by atoms with Crippen LogP contribution in [0.2, 0.25) is 29.0 Å². The van der Waals surface area contributed by atoms with E-state index in [2.05, 4.69) is 15.3 Å². The Morgan fingerprint density at radius 2 is 0.866 bits per heavy atom. The standard InChI is InChI=1S/C26H32ClN3O6S2.C21H20BClN3O5S.C20H20ClN3O4S.C16H15ClN2O3S.C6H11BNO3S.C2HF3O.BH2O/c1-26(2,3)36-24(33)29-19(13-14-37-4)23(32)28-16-5-7-17(8-6-16)30-15-18(35-25(30)34)9-10-20(31)21-11-12-22(27)38-21;23-19-8-7-18(32-19)17(27)6-5-15-11-26(21(29)31-15)14-3-1-13(2-4-14)25-10-9-16(20(25)28)22-30-12-24;21-18-8-7-17(29-18)16(25)6-5-14-11-24(20(27)28-14)13-3-1-12(2-4-13)23-10-9-15(22)19(23)26;17-15-8-7-14(23-15)13(20)6-5-12-9-19(16(21)22-12)11-3-1-10(18)2-4-11;1-12-3-2-5(6(9)10)7-11-4-8;3-2(4,5)1-6;1-2/h5-8,11-12,18-19H,9-10,13-15H2,1-4H3,(H,28,32)(H,29,33);1-4,7-8,12,15-16,24H,5-6,9-11H2;1-4,7-8,14-15H,5-6,9-11,22H2;1-4,7-8,12H,5-6,9,18H2;4-5,8H,2-3H2,1H3,(H,9,10);1H;1-2H/t18-,19+;15-,16+;14-,15+;12-;5-;;/m00001../s1/i;;;;;;1T. The van der Waals surface area contributed by atoms with Crippen molar-refractivity contribution in [3.05, 3.63) is 182 Å². The van der Waals surface area contributed by atoms with E-state index in [-0.39, 0.29) is 85.8 Å². The molecule has 4 aromatic carbocycles. The monoisotopic (exact) mass is 2150 g/mol. The Kier molecular flexibility index (Phi) is 46.1. The number of nitrogens with one attached hydrogen (secondary N) is 4. The van der Waals surface area contributed by atoms with Crippen molar-refractivity contribution < 1.29 is 123 Å². The number of carboxylic acids is 1. The number of alkyl halides is 3. The third-order valence-electron chi connectivity index (χ3n) is 21.1. The number of cyclic esters (lactones) is 4. The molecular formula is C91H101B3Cl4F3N12O23S6. The topological polar surface area (TPSA) is 487 Å². The number of amides is 8. The summed E-state index contributed by atoms with van der Waals surface area (Å²) in [5, 5.41) is 34.6. The van der Waals surface area contributed by atoms with Crippen LogP contribution < -0.4 is 51.5 Å². The van der Waals surface area contributed by atoms with E-state index in [1.165, 1.54) is 70.1 Å². The van der Waals surface area contributed by atoms with Crippen LogP contribution in [-0.2, 0) is 57.0 Å². The fraction of sp³-hybridized carbons (Fsp3) is 0.385. The van der Waals surface area contributed by atoms with Crippen molar-refractivity contribution in [3.63, 3.8) is 0 Å². The molecule has 10 heterocycles. The Morgan fingerprint density at radius 3 is 1.17 bits per heavy atom. The van der Waals surface area contributed by atoms with Gasteiger partial charge in [0.2, 0.25) is 24.0 Å². The van der Waals surface area contributed by atoms with Gasteiger partial charge in [0, 0.05) is 85.6 Å². The molecule has 0 bridgehead atoms. The number of hydrogen-bond acceptors (Lipinski definition) is 32. The van der Waals surface area contributed by atoms with Gasteiger partial charge in [0.1, 0.15) is 48.9 Å². The van der Waals surface area contributed by atoms with Gasteiger partial charge < -0.3 is 75.0 Å². The molecule has 35 nitrogen and oxygen atoms in total. The molecule has 8 aromatic rings. The lowest BCUT2D eigenvalue weighted by Gasteiger charge is -2.23. The largest absolute Gasteiger partial charge is 0.555 e. The number of ether oxygens (including phenoxy) is 5. The van der Waals surface area contributed by atoms with Crippen molar-refractivity contribution in [3.8, 4) is 0 Å². The second-order valence-corrected chi connectivity index (χ2v) is 41.1. The molecule has 0 unspecified atom stereocenters. The van der Waals surface area contributed by atoms with Crippen LogP contribution in [0.25, 0.3) is 0 Å². The zero-order valence-electron chi connectivity index (χ0n) is 78.0. The molecule has 8 amide bonds. The van der Waals surface area contributed by atoms with E-state index in [9.17, 15) is 75.5 Å². The number of carbonyl (C=O) groups is 14. The summed E-state index contributed by atoms with van der Waals surface area (Å²) in [6.07, 6.45) is 0.957. The smallest absolute Gasteiger partial charge is 0.446 e. The Hall–Kier alpha value is -11.2. The molecule has 6 aliphatic rings. The number of benzene rings is 4. The molecular weight excluding hydrogens is 2050 g/mol. The van der Waals surface area contributed by atoms with E-state index in [4.69, 9.17) is 113 Å². The first-order valence-corrected chi connectivity index (χ1v) is 51.1. The summed E-state index contributed by atoms with van der Waals surface area (Å²) in [5.41, 5.74) is 16.1. The first-order valence-electron chi connectivity index (χ1n) is 44.1. The maximum Gasteiger partial charge on any atom is 0.446 e. The average molecular weight is 2160 g/mol. The summed E-state index contributed by atoms with van der Waals surface area (Å²) in [5.74, 6) is -1.03. The van der Waals surface area contributed by atoms with Crippen LogP contribution in [0.4, 0.5) is 82.6 Å². The lowest BCUT2D eigenvalue weighted by Crippen LogP contribution is -2.46.